The number of rotatable bonds is 5. The third-order valence-electron chi connectivity index (χ3n) is 3.06. The first kappa shape index (κ1) is 14.1. The van der Waals surface area contributed by atoms with Gasteiger partial charge in [-0.25, -0.2) is 0 Å². The quantitative estimate of drug-likeness (QED) is 0.899. The van der Waals surface area contributed by atoms with Gasteiger partial charge in [-0.1, -0.05) is 37.3 Å². The van der Waals surface area contributed by atoms with Crippen LogP contribution >= 0.6 is 0 Å². The standard InChI is InChI=1S/C17H19NO2/c1-3-14-9-11-15(12-10-14)18-17(19)13(2)20-16-7-5-4-6-8-16/h4-13H,3H2,1-2H3,(H,18,19). The van der Waals surface area contributed by atoms with Crippen molar-refractivity contribution in [3.05, 3.63) is 60.2 Å². The van der Waals surface area contributed by atoms with Gasteiger partial charge in [-0.3, -0.25) is 4.79 Å². The normalized spacial score (nSPS) is 11.7. The number of hydrogen-bond donors (Lipinski definition) is 1. The van der Waals surface area contributed by atoms with E-state index in [-0.39, 0.29) is 5.91 Å². The van der Waals surface area contributed by atoms with Crippen molar-refractivity contribution in [3.8, 4) is 5.75 Å². The second kappa shape index (κ2) is 6.75. The molecule has 0 aromatic heterocycles. The maximum atomic E-state index is 12.0. The highest BCUT2D eigenvalue weighted by atomic mass is 16.5. The average molecular weight is 269 g/mol. The fourth-order valence-electron chi connectivity index (χ4n) is 1.82. The van der Waals surface area contributed by atoms with E-state index in [1.807, 2.05) is 54.6 Å². The Morgan fingerprint density at radius 3 is 2.35 bits per heavy atom. The predicted octanol–water partition coefficient (Wildman–Crippen LogP) is 3.66. The number of anilines is 1. The number of benzene rings is 2. The first-order valence-electron chi connectivity index (χ1n) is 6.80. The van der Waals surface area contributed by atoms with Gasteiger partial charge in [-0.15, -0.1) is 0 Å². The van der Waals surface area contributed by atoms with Gasteiger partial charge in [0.05, 0.1) is 0 Å². The highest BCUT2D eigenvalue weighted by Gasteiger charge is 2.14. The molecule has 0 aliphatic rings. The molecule has 0 aliphatic carbocycles. The molecule has 20 heavy (non-hydrogen) atoms. The van der Waals surface area contributed by atoms with E-state index in [9.17, 15) is 4.79 Å². The predicted molar refractivity (Wildman–Crippen MR) is 81.0 cm³/mol. The smallest absolute Gasteiger partial charge is 0.265 e. The number of carbonyl (C=O) groups is 1. The number of para-hydroxylation sites is 1. The minimum absolute atomic E-state index is 0.155. The summed E-state index contributed by atoms with van der Waals surface area (Å²) in [5, 5.41) is 2.85. The Bertz CT molecular complexity index is 549. The summed E-state index contributed by atoms with van der Waals surface area (Å²) in [5.41, 5.74) is 2.03. The van der Waals surface area contributed by atoms with Gasteiger partial charge < -0.3 is 10.1 Å². The highest BCUT2D eigenvalue weighted by Crippen LogP contribution is 2.13. The molecule has 2 aromatic carbocycles. The molecule has 1 atom stereocenters. The molecular formula is C17H19NO2. The summed E-state index contributed by atoms with van der Waals surface area (Å²) in [6.07, 6.45) is 0.449. The highest BCUT2D eigenvalue weighted by molar-refractivity contribution is 5.94. The van der Waals surface area contributed by atoms with E-state index >= 15 is 0 Å². The largest absolute Gasteiger partial charge is 0.481 e. The van der Waals surface area contributed by atoms with E-state index in [2.05, 4.69) is 12.2 Å². The summed E-state index contributed by atoms with van der Waals surface area (Å²) in [7, 11) is 0. The van der Waals surface area contributed by atoms with Crippen LogP contribution in [0.15, 0.2) is 54.6 Å². The van der Waals surface area contributed by atoms with Gasteiger partial charge in [0.25, 0.3) is 5.91 Å². The first-order valence-corrected chi connectivity index (χ1v) is 6.80. The molecule has 0 aliphatic heterocycles. The Labute approximate surface area is 119 Å². The van der Waals surface area contributed by atoms with Gasteiger partial charge >= 0.3 is 0 Å². The van der Waals surface area contributed by atoms with Crippen LogP contribution in [0.5, 0.6) is 5.75 Å². The number of aryl methyl sites for hydroxylation is 1. The molecule has 3 nitrogen and oxygen atoms in total. The Kier molecular flexibility index (Phi) is 4.77. The maximum absolute atomic E-state index is 12.0. The molecule has 1 N–H and O–H groups in total. The van der Waals surface area contributed by atoms with Crippen LogP contribution in [0.1, 0.15) is 19.4 Å². The van der Waals surface area contributed by atoms with E-state index in [0.717, 1.165) is 12.1 Å². The molecule has 0 saturated carbocycles. The lowest BCUT2D eigenvalue weighted by molar-refractivity contribution is -0.122. The number of hydrogen-bond acceptors (Lipinski definition) is 2. The third-order valence-corrected chi connectivity index (χ3v) is 3.06. The van der Waals surface area contributed by atoms with Crippen molar-refractivity contribution < 1.29 is 9.53 Å². The van der Waals surface area contributed by atoms with E-state index in [1.165, 1.54) is 5.56 Å². The number of carbonyl (C=O) groups excluding carboxylic acids is 1. The summed E-state index contributed by atoms with van der Waals surface area (Å²) >= 11 is 0. The van der Waals surface area contributed by atoms with E-state index in [4.69, 9.17) is 4.74 Å². The molecule has 1 amide bonds. The van der Waals surface area contributed by atoms with Crippen molar-refractivity contribution in [3.63, 3.8) is 0 Å². The molecule has 2 rings (SSSR count). The van der Waals surface area contributed by atoms with Crippen molar-refractivity contribution >= 4 is 11.6 Å². The lowest BCUT2D eigenvalue weighted by Crippen LogP contribution is -2.30. The van der Waals surface area contributed by atoms with Crippen molar-refractivity contribution in [2.75, 3.05) is 5.32 Å². The molecule has 104 valence electrons. The van der Waals surface area contributed by atoms with Gasteiger partial charge in [0, 0.05) is 5.69 Å². The molecule has 0 fully saturated rings. The minimum Gasteiger partial charge on any atom is -0.481 e. The van der Waals surface area contributed by atoms with Crippen LogP contribution in [0, 0.1) is 0 Å². The van der Waals surface area contributed by atoms with Gasteiger partial charge in [0.1, 0.15) is 5.75 Å². The van der Waals surface area contributed by atoms with Crippen molar-refractivity contribution in [1.82, 2.24) is 0 Å². The zero-order chi connectivity index (χ0) is 14.4. The maximum Gasteiger partial charge on any atom is 0.265 e. The van der Waals surface area contributed by atoms with Crippen LogP contribution < -0.4 is 10.1 Å². The van der Waals surface area contributed by atoms with E-state index in [0.29, 0.717) is 5.75 Å². The summed E-state index contributed by atoms with van der Waals surface area (Å²) in [6, 6.07) is 17.2. The summed E-state index contributed by atoms with van der Waals surface area (Å²) in [6.45, 7) is 3.84. The monoisotopic (exact) mass is 269 g/mol. The second-order valence-electron chi connectivity index (χ2n) is 4.61. The Balaban J connectivity index is 1.93. The summed E-state index contributed by atoms with van der Waals surface area (Å²) in [5.74, 6) is 0.537. The average Bonchev–Trinajstić information content (AvgIpc) is 2.49. The van der Waals surface area contributed by atoms with Gasteiger partial charge in [0.2, 0.25) is 0 Å². The lowest BCUT2D eigenvalue weighted by Gasteiger charge is -2.14. The van der Waals surface area contributed by atoms with Crippen molar-refractivity contribution in [1.29, 1.82) is 0 Å². The molecular weight excluding hydrogens is 250 g/mol. The van der Waals surface area contributed by atoms with E-state index in [1.54, 1.807) is 6.92 Å². The Morgan fingerprint density at radius 1 is 1.10 bits per heavy atom. The number of nitrogens with one attached hydrogen (secondary N) is 1. The number of amides is 1. The third kappa shape index (κ3) is 3.85. The lowest BCUT2D eigenvalue weighted by atomic mass is 10.1. The molecule has 1 unspecified atom stereocenters. The van der Waals surface area contributed by atoms with Crippen LogP contribution in [0.2, 0.25) is 0 Å². The van der Waals surface area contributed by atoms with Gasteiger partial charge in [-0.05, 0) is 43.2 Å². The van der Waals surface area contributed by atoms with Crippen LogP contribution in [0.3, 0.4) is 0 Å². The van der Waals surface area contributed by atoms with Crippen molar-refractivity contribution in [2.45, 2.75) is 26.4 Å². The van der Waals surface area contributed by atoms with Crippen molar-refractivity contribution in [2.24, 2.45) is 0 Å². The first-order chi connectivity index (χ1) is 9.69. The van der Waals surface area contributed by atoms with Crippen LogP contribution in [-0.4, -0.2) is 12.0 Å². The molecule has 0 saturated heterocycles. The van der Waals surface area contributed by atoms with Crippen LogP contribution in [-0.2, 0) is 11.2 Å². The second-order valence-corrected chi connectivity index (χ2v) is 4.61. The Morgan fingerprint density at radius 2 is 1.75 bits per heavy atom. The van der Waals surface area contributed by atoms with Crippen LogP contribution in [0.25, 0.3) is 0 Å². The molecule has 0 heterocycles. The van der Waals surface area contributed by atoms with E-state index < -0.39 is 6.10 Å². The summed E-state index contributed by atoms with van der Waals surface area (Å²) < 4.78 is 5.58. The molecule has 0 radical (unpaired) electrons. The molecule has 3 heteroatoms. The number of ether oxygens (including phenoxy) is 1. The fourth-order valence-corrected chi connectivity index (χ4v) is 1.82. The van der Waals surface area contributed by atoms with Crippen LogP contribution in [0.4, 0.5) is 5.69 Å². The SMILES string of the molecule is CCc1ccc(NC(=O)C(C)Oc2ccccc2)cc1. The molecule has 0 spiro atoms. The summed E-state index contributed by atoms with van der Waals surface area (Å²) in [4.78, 5) is 12.0. The zero-order valence-corrected chi connectivity index (χ0v) is 11.8. The zero-order valence-electron chi connectivity index (χ0n) is 11.8. The minimum atomic E-state index is -0.539. The molecule has 2 aromatic rings. The van der Waals surface area contributed by atoms with Gasteiger partial charge in [0.15, 0.2) is 6.10 Å². The molecule has 0 bridgehead atoms. The fraction of sp³-hybridized carbons (Fsp3) is 0.235. The topological polar surface area (TPSA) is 38.3 Å². The van der Waals surface area contributed by atoms with Gasteiger partial charge in [-0.2, -0.15) is 0 Å². The Hall–Kier alpha value is -2.29.